The molecular weight excluding hydrogens is 405 g/mol. The second-order valence-corrected chi connectivity index (χ2v) is 8.05. The summed E-state index contributed by atoms with van der Waals surface area (Å²) in [6, 6.07) is 5.98. The molecule has 0 unspecified atom stereocenters. The number of amides is 2. The van der Waals surface area contributed by atoms with Crippen molar-refractivity contribution in [3.63, 3.8) is 0 Å². The molecule has 4 heterocycles. The number of halogens is 3. The molecule has 4 rings (SSSR count). The summed E-state index contributed by atoms with van der Waals surface area (Å²) in [5.41, 5.74) is -0.776. The maximum atomic E-state index is 12.7. The number of nitrogens with zero attached hydrogens (tertiary/aromatic N) is 4. The molecule has 0 bridgehead atoms. The van der Waals surface area contributed by atoms with Crippen molar-refractivity contribution >= 4 is 29.0 Å². The number of thiophene rings is 1. The van der Waals surface area contributed by atoms with Crippen molar-refractivity contribution < 1.29 is 22.8 Å². The molecule has 2 saturated heterocycles. The number of likely N-dealkylation sites (tertiary alicyclic amines) is 1. The minimum atomic E-state index is -4.40. The van der Waals surface area contributed by atoms with Crippen molar-refractivity contribution in [3.8, 4) is 0 Å². The maximum Gasteiger partial charge on any atom is 0.417 e. The first-order chi connectivity index (χ1) is 13.8. The zero-order valence-electron chi connectivity index (χ0n) is 15.4. The highest BCUT2D eigenvalue weighted by molar-refractivity contribution is 7.12. The van der Waals surface area contributed by atoms with Crippen molar-refractivity contribution in [3.05, 3.63) is 46.3 Å². The molecule has 2 aromatic rings. The highest BCUT2D eigenvalue weighted by atomic mass is 32.1. The Balaban J connectivity index is 1.27. The van der Waals surface area contributed by atoms with Gasteiger partial charge in [0.2, 0.25) is 5.91 Å². The molecule has 0 N–H and O–H groups in total. The van der Waals surface area contributed by atoms with Crippen LogP contribution in [0.1, 0.15) is 15.2 Å². The van der Waals surface area contributed by atoms with Crippen LogP contribution in [0.4, 0.5) is 19.0 Å². The minimum absolute atomic E-state index is 0.0280. The number of hydrogen-bond acceptors (Lipinski definition) is 5. The standard InChI is InChI=1S/C19H19F3N4O2S/c20-19(21,22)14-3-4-16(23-10-14)24-5-7-25(8-6-24)17(27)13-11-26(12-13)18(28)15-2-1-9-29-15/h1-4,9-10,13H,5-8,11-12H2. The zero-order valence-corrected chi connectivity index (χ0v) is 16.2. The van der Waals surface area contributed by atoms with E-state index in [0.717, 1.165) is 12.3 Å². The second-order valence-electron chi connectivity index (χ2n) is 7.10. The van der Waals surface area contributed by atoms with Crippen LogP contribution in [0, 0.1) is 5.92 Å². The molecule has 2 fully saturated rings. The number of anilines is 1. The number of carbonyl (C=O) groups excluding carboxylic acids is 2. The van der Waals surface area contributed by atoms with Crippen LogP contribution in [-0.4, -0.2) is 65.9 Å². The Morgan fingerprint density at radius 2 is 1.76 bits per heavy atom. The third-order valence-electron chi connectivity index (χ3n) is 5.24. The lowest BCUT2D eigenvalue weighted by Crippen LogP contribution is -2.59. The lowest BCUT2D eigenvalue weighted by molar-refractivity contribution is -0.140. The fourth-order valence-corrected chi connectivity index (χ4v) is 4.20. The molecular formula is C19H19F3N4O2S. The Labute approximate surface area is 169 Å². The summed E-state index contributed by atoms with van der Waals surface area (Å²) in [5, 5.41) is 1.85. The van der Waals surface area contributed by atoms with Crippen molar-refractivity contribution in [1.29, 1.82) is 0 Å². The summed E-state index contributed by atoms with van der Waals surface area (Å²) in [5.74, 6) is 0.277. The predicted molar refractivity (Wildman–Crippen MR) is 102 cm³/mol. The number of rotatable bonds is 3. The summed E-state index contributed by atoms with van der Waals surface area (Å²) in [4.78, 5) is 34.8. The first-order valence-electron chi connectivity index (χ1n) is 9.22. The number of piperazine rings is 1. The SMILES string of the molecule is O=C(c1cccs1)N1CC(C(=O)N2CCN(c3ccc(C(F)(F)F)cn3)CC2)C1. The van der Waals surface area contributed by atoms with Gasteiger partial charge in [-0.2, -0.15) is 13.2 Å². The summed E-state index contributed by atoms with van der Waals surface area (Å²) in [6.07, 6.45) is -3.57. The van der Waals surface area contributed by atoms with E-state index in [1.54, 1.807) is 15.9 Å². The number of pyridine rings is 1. The monoisotopic (exact) mass is 424 g/mol. The van der Waals surface area contributed by atoms with E-state index >= 15 is 0 Å². The fourth-order valence-electron chi connectivity index (χ4n) is 3.51. The smallest absolute Gasteiger partial charge is 0.353 e. The Hall–Kier alpha value is -2.62. The van der Waals surface area contributed by atoms with Gasteiger partial charge in [-0.15, -0.1) is 11.3 Å². The van der Waals surface area contributed by atoms with Crippen molar-refractivity contribution in [1.82, 2.24) is 14.8 Å². The van der Waals surface area contributed by atoms with Crippen LogP contribution in [0.3, 0.4) is 0 Å². The van der Waals surface area contributed by atoms with Gasteiger partial charge in [0.05, 0.1) is 16.4 Å². The maximum absolute atomic E-state index is 12.7. The molecule has 10 heteroatoms. The minimum Gasteiger partial charge on any atom is -0.353 e. The van der Waals surface area contributed by atoms with E-state index < -0.39 is 11.7 Å². The molecule has 2 amide bonds. The van der Waals surface area contributed by atoms with Gasteiger partial charge in [0.1, 0.15) is 5.82 Å². The van der Waals surface area contributed by atoms with Crippen LogP contribution in [0.5, 0.6) is 0 Å². The molecule has 2 aliphatic rings. The average molecular weight is 424 g/mol. The number of hydrogen-bond donors (Lipinski definition) is 0. The van der Waals surface area contributed by atoms with Gasteiger partial charge in [-0.3, -0.25) is 9.59 Å². The summed E-state index contributed by atoms with van der Waals surface area (Å²) < 4.78 is 38.0. The topological polar surface area (TPSA) is 56.8 Å². The van der Waals surface area contributed by atoms with E-state index in [1.807, 2.05) is 16.3 Å². The van der Waals surface area contributed by atoms with Crippen molar-refractivity contribution in [2.24, 2.45) is 5.92 Å². The quantitative estimate of drug-likeness (QED) is 0.760. The van der Waals surface area contributed by atoms with Crippen LogP contribution in [0.25, 0.3) is 0 Å². The van der Waals surface area contributed by atoms with Crippen molar-refractivity contribution in [2.75, 3.05) is 44.2 Å². The third kappa shape index (κ3) is 4.07. The van der Waals surface area contributed by atoms with Gasteiger partial charge in [0.15, 0.2) is 0 Å². The number of aromatic nitrogens is 1. The van der Waals surface area contributed by atoms with Crippen LogP contribution in [0.15, 0.2) is 35.8 Å². The fraction of sp³-hybridized carbons (Fsp3) is 0.421. The largest absolute Gasteiger partial charge is 0.417 e. The van der Waals surface area contributed by atoms with E-state index in [4.69, 9.17) is 0 Å². The molecule has 2 aromatic heterocycles. The number of alkyl halides is 3. The van der Waals surface area contributed by atoms with Gasteiger partial charge in [-0.1, -0.05) is 6.07 Å². The van der Waals surface area contributed by atoms with E-state index in [-0.39, 0.29) is 17.7 Å². The Morgan fingerprint density at radius 1 is 1.03 bits per heavy atom. The number of carbonyl (C=O) groups is 2. The van der Waals surface area contributed by atoms with Gasteiger partial charge < -0.3 is 14.7 Å². The normalized spacial score (nSPS) is 18.0. The lowest BCUT2D eigenvalue weighted by Gasteiger charge is -2.42. The molecule has 0 radical (unpaired) electrons. The van der Waals surface area contributed by atoms with E-state index in [0.29, 0.717) is 50.0 Å². The Kier molecular flexibility index (Phi) is 5.20. The first kappa shape index (κ1) is 19.7. The molecule has 6 nitrogen and oxygen atoms in total. The molecule has 0 aliphatic carbocycles. The highest BCUT2D eigenvalue weighted by Crippen LogP contribution is 2.29. The first-order valence-corrected chi connectivity index (χ1v) is 10.1. The molecule has 0 saturated carbocycles. The van der Waals surface area contributed by atoms with E-state index in [9.17, 15) is 22.8 Å². The van der Waals surface area contributed by atoms with Gasteiger partial charge in [-0.25, -0.2) is 4.98 Å². The molecule has 29 heavy (non-hydrogen) atoms. The average Bonchev–Trinajstić information content (AvgIpc) is 3.21. The van der Waals surface area contributed by atoms with Gasteiger partial charge in [0.25, 0.3) is 5.91 Å². The Bertz CT molecular complexity index is 872. The lowest BCUT2D eigenvalue weighted by atomic mass is 9.97. The summed E-state index contributed by atoms with van der Waals surface area (Å²) >= 11 is 1.39. The molecule has 0 atom stereocenters. The Morgan fingerprint density at radius 3 is 2.31 bits per heavy atom. The van der Waals surface area contributed by atoms with E-state index in [2.05, 4.69) is 4.98 Å². The van der Waals surface area contributed by atoms with Crippen LogP contribution >= 0.6 is 11.3 Å². The zero-order chi connectivity index (χ0) is 20.6. The second kappa shape index (κ2) is 7.66. The van der Waals surface area contributed by atoms with Gasteiger partial charge in [-0.05, 0) is 23.6 Å². The van der Waals surface area contributed by atoms with E-state index in [1.165, 1.54) is 17.4 Å². The predicted octanol–water partition coefficient (Wildman–Crippen LogP) is 2.58. The van der Waals surface area contributed by atoms with Gasteiger partial charge in [0, 0.05) is 45.5 Å². The molecule has 2 aliphatic heterocycles. The van der Waals surface area contributed by atoms with Crippen LogP contribution in [0.2, 0.25) is 0 Å². The summed E-state index contributed by atoms with van der Waals surface area (Å²) in [6.45, 7) is 2.84. The highest BCUT2D eigenvalue weighted by Gasteiger charge is 2.39. The summed E-state index contributed by atoms with van der Waals surface area (Å²) in [7, 11) is 0. The molecule has 154 valence electrons. The van der Waals surface area contributed by atoms with Gasteiger partial charge >= 0.3 is 6.18 Å². The van der Waals surface area contributed by atoms with Crippen molar-refractivity contribution in [2.45, 2.75) is 6.18 Å². The molecule has 0 spiro atoms. The van der Waals surface area contributed by atoms with Crippen LogP contribution in [-0.2, 0) is 11.0 Å². The molecule has 0 aromatic carbocycles. The third-order valence-corrected chi connectivity index (χ3v) is 6.10. The van der Waals surface area contributed by atoms with Crippen LogP contribution < -0.4 is 4.90 Å².